The molecule has 1 rings (SSSR count). The molecule has 0 aliphatic heterocycles. The lowest BCUT2D eigenvalue weighted by molar-refractivity contribution is 0.148. The maximum atomic E-state index is 12.7. The van der Waals surface area contributed by atoms with Crippen molar-refractivity contribution < 1.29 is 9.13 Å². The standard InChI is InChI=1S/C13H19FN2O/c1-11(16-13(2,9-14)10-15)17-8-12-6-4-3-5-7-12/h3-7,16H,1,8-10,15H2,2H3. The molecular formula is C13H19FN2O. The molecule has 1 aromatic carbocycles. The normalized spacial score (nSPS) is 13.8. The number of ether oxygens (including phenoxy) is 1. The summed E-state index contributed by atoms with van der Waals surface area (Å²) < 4.78 is 18.1. The van der Waals surface area contributed by atoms with Crippen LogP contribution in [0.3, 0.4) is 0 Å². The van der Waals surface area contributed by atoms with E-state index in [0.29, 0.717) is 12.5 Å². The van der Waals surface area contributed by atoms with E-state index in [-0.39, 0.29) is 6.54 Å². The van der Waals surface area contributed by atoms with Crippen LogP contribution in [-0.4, -0.2) is 18.8 Å². The summed E-state index contributed by atoms with van der Waals surface area (Å²) in [6, 6.07) is 9.70. The van der Waals surface area contributed by atoms with E-state index in [1.165, 1.54) is 0 Å². The molecule has 0 bridgehead atoms. The molecule has 0 heterocycles. The van der Waals surface area contributed by atoms with Gasteiger partial charge < -0.3 is 15.8 Å². The Morgan fingerprint density at radius 3 is 2.65 bits per heavy atom. The summed E-state index contributed by atoms with van der Waals surface area (Å²) in [6.07, 6.45) is 0. The fourth-order valence-corrected chi connectivity index (χ4v) is 1.26. The second-order valence-electron chi connectivity index (χ2n) is 4.22. The Morgan fingerprint density at radius 2 is 2.12 bits per heavy atom. The van der Waals surface area contributed by atoms with E-state index in [1.807, 2.05) is 30.3 Å². The van der Waals surface area contributed by atoms with Gasteiger partial charge in [0.2, 0.25) is 0 Å². The van der Waals surface area contributed by atoms with Crippen LogP contribution in [0.5, 0.6) is 0 Å². The smallest absolute Gasteiger partial charge is 0.180 e. The second-order valence-corrected chi connectivity index (χ2v) is 4.22. The van der Waals surface area contributed by atoms with Gasteiger partial charge in [-0.05, 0) is 19.1 Å². The zero-order valence-corrected chi connectivity index (χ0v) is 10.1. The van der Waals surface area contributed by atoms with Gasteiger partial charge in [-0.15, -0.1) is 0 Å². The average molecular weight is 238 g/mol. The van der Waals surface area contributed by atoms with Crippen LogP contribution in [0.15, 0.2) is 42.8 Å². The third-order valence-electron chi connectivity index (χ3n) is 2.44. The molecule has 0 aliphatic carbocycles. The summed E-state index contributed by atoms with van der Waals surface area (Å²) in [5.41, 5.74) is 5.69. The summed E-state index contributed by atoms with van der Waals surface area (Å²) in [4.78, 5) is 0. The first kappa shape index (κ1) is 13.5. The Hall–Kier alpha value is -1.55. The zero-order chi connectivity index (χ0) is 12.7. The van der Waals surface area contributed by atoms with Crippen LogP contribution >= 0.6 is 0 Å². The molecule has 0 aromatic heterocycles. The molecule has 4 heteroatoms. The molecule has 0 saturated carbocycles. The zero-order valence-electron chi connectivity index (χ0n) is 10.1. The van der Waals surface area contributed by atoms with Crippen LogP contribution in [0.1, 0.15) is 12.5 Å². The van der Waals surface area contributed by atoms with Crippen molar-refractivity contribution in [3.63, 3.8) is 0 Å². The lowest BCUT2D eigenvalue weighted by atomic mass is 10.1. The van der Waals surface area contributed by atoms with Crippen molar-refractivity contribution in [2.24, 2.45) is 5.73 Å². The van der Waals surface area contributed by atoms with Gasteiger partial charge in [-0.2, -0.15) is 0 Å². The van der Waals surface area contributed by atoms with Gasteiger partial charge in [0.15, 0.2) is 5.88 Å². The van der Waals surface area contributed by atoms with Gasteiger partial charge in [-0.25, -0.2) is 4.39 Å². The average Bonchev–Trinajstić information content (AvgIpc) is 2.37. The van der Waals surface area contributed by atoms with Gasteiger partial charge in [-0.3, -0.25) is 0 Å². The van der Waals surface area contributed by atoms with Crippen molar-refractivity contribution in [1.29, 1.82) is 0 Å². The molecule has 0 amide bonds. The van der Waals surface area contributed by atoms with Crippen LogP contribution in [0, 0.1) is 0 Å². The van der Waals surface area contributed by atoms with E-state index in [9.17, 15) is 4.39 Å². The highest BCUT2D eigenvalue weighted by Crippen LogP contribution is 2.08. The molecular weight excluding hydrogens is 219 g/mol. The highest BCUT2D eigenvalue weighted by atomic mass is 19.1. The second kappa shape index (κ2) is 6.25. The molecule has 0 saturated heterocycles. The van der Waals surface area contributed by atoms with Gasteiger partial charge >= 0.3 is 0 Å². The van der Waals surface area contributed by atoms with E-state index in [4.69, 9.17) is 10.5 Å². The van der Waals surface area contributed by atoms with Gasteiger partial charge in [-0.1, -0.05) is 30.3 Å². The van der Waals surface area contributed by atoms with Crippen molar-refractivity contribution in [3.8, 4) is 0 Å². The highest BCUT2D eigenvalue weighted by molar-refractivity contribution is 5.13. The van der Waals surface area contributed by atoms with Crippen LogP contribution in [0.25, 0.3) is 0 Å². The predicted octanol–water partition coefficient (Wildman–Crippen LogP) is 1.95. The Balaban J connectivity index is 2.40. The lowest BCUT2D eigenvalue weighted by Crippen LogP contribution is -2.50. The summed E-state index contributed by atoms with van der Waals surface area (Å²) in [5, 5.41) is 2.85. The minimum Gasteiger partial charge on any atom is -0.475 e. The van der Waals surface area contributed by atoms with Gasteiger partial charge in [0, 0.05) is 6.54 Å². The van der Waals surface area contributed by atoms with Crippen LogP contribution in [0.2, 0.25) is 0 Å². The van der Waals surface area contributed by atoms with Crippen molar-refractivity contribution in [2.75, 3.05) is 13.2 Å². The molecule has 0 radical (unpaired) electrons. The predicted molar refractivity (Wildman–Crippen MR) is 66.9 cm³/mol. The molecule has 1 atom stereocenters. The first-order chi connectivity index (χ1) is 8.09. The molecule has 0 aliphatic rings. The van der Waals surface area contributed by atoms with Gasteiger partial charge in [0.25, 0.3) is 0 Å². The number of benzene rings is 1. The van der Waals surface area contributed by atoms with Crippen molar-refractivity contribution in [1.82, 2.24) is 5.32 Å². The third kappa shape index (κ3) is 4.44. The summed E-state index contributed by atoms with van der Waals surface area (Å²) >= 11 is 0. The molecule has 17 heavy (non-hydrogen) atoms. The van der Waals surface area contributed by atoms with Crippen molar-refractivity contribution in [2.45, 2.75) is 19.1 Å². The summed E-state index contributed by atoms with van der Waals surface area (Å²) in [6.45, 7) is 5.39. The number of hydrogen-bond donors (Lipinski definition) is 2. The first-order valence-electron chi connectivity index (χ1n) is 5.49. The number of hydrogen-bond acceptors (Lipinski definition) is 3. The number of alkyl halides is 1. The maximum absolute atomic E-state index is 12.7. The topological polar surface area (TPSA) is 47.3 Å². The highest BCUT2D eigenvalue weighted by Gasteiger charge is 2.22. The third-order valence-corrected chi connectivity index (χ3v) is 2.44. The SMILES string of the molecule is C=C(NC(C)(CN)CF)OCc1ccccc1. The quantitative estimate of drug-likeness (QED) is 0.714. The van der Waals surface area contributed by atoms with E-state index >= 15 is 0 Å². The number of nitrogens with two attached hydrogens (primary N) is 1. The lowest BCUT2D eigenvalue weighted by Gasteiger charge is -2.27. The van der Waals surface area contributed by atoms with E-state index < -0.39 is 12.2 Å². The number of nitrogens with one attached hydrogen (secondary N) is 1. The fourth-order valence-electron chi connectivity index (χ4n) is 1.26. The maximum Gasteiger partial charge on any atom is 0.180 e. The number of halogens is 1. The molecule has 0 fully saturated rings. The molecule has 94 valence electrons. The van der Waals surface area contributed by atoms with Crippen LogP contribution in [-0.2, 0) is 11.3 Å². The first-order valence-corrected chi connectivity index (χ1v) is 5.49. The van der Waals surface area contributed by atoms with Gasteiger partial charge in [0.05, 0.1) is 5.54 Å². The summed E-state index contributed by atoms with van der Waals surface area (Å²) in [7, 11) is 0. The number of rotatable bonds is 7. The minimum absolute atomic E-state index is 0.178. The van der Waals surface area contributed by atoms with Gasteiger partial charge in [0.1, 0.15) is 13.3 Å². The van der Waals surface area contributed by atoms with Crippen LogP contribution < -0.4 is 11.1 Å². The van der Waals surface area contributed by atoms with Crippen molar-refractivity contribution in [3.05, 3.63) is 48.4 Å². The Kier molecular flexibility index (Phi) is 4.97. The Bertz CT molecular complexity index is 350. The molecule has 0 spiro atoms. The Labute approximate surface area is 101 Å². The minimum atomic E-state index is -0.812. The van der Waals surface area contributed by atoms with E-state index in [0.717, 1.165) is 5.56 Å². The molecule has 3 N–H and O–H groups in total. The molecule has 1 aromatic rings. The monoisotopic (exact) mass is 238 g/mol. The molecule has 1 unspecified atom stereocenters. The Morgan fingerprint density at radius 1 is 1.47 bits per heavy atom. The van der Waals surface area contributed by atoms with E-state index in [2.05, 4.69) is 11.9 Å². The summed E-state index contributed by atoms with van der Waals surface area (Å²) in [5.74, 6) is 0.333. The molecule has 3 nitrogen and oxygen atoms in total. The van der Waals surface area contributed by atoms with Crippen LogP contribution in [0.4, 0.5) is 4.39 Å². The van der Waals surface area contributed by atoms with E-state index in [1.54, 1.807) is 6.92 Å². The van der Waals surface area contributed by atoms with Crippen molar-refractivity contribution >= 4 is 0 Å². The fraction of sp³-hybridized carbons (Fsp3) is 0.385. The largest absolute Gasteiger partial charge is 0.475 e.